The number of Topliss-reactive ketones (excluding diaryl/α,β-unsaturated/α-hetero) is 1. The van der Waals surface area contributed by atoms with Gasteiger partial charge in [-0.15, -0.1) is 11.8 Å². The number of benzene rings is 1. The molecule has 0 heterocycles. The van der Waals surface area contributed by atoms with Gasteiger partial charge in [0, 0.05) is 28.6 Å². The molecule has 0 bridgehead atoms. The zero-order valence-corrected chi connectivity index (χ0v) is 17.9. The van der Waals surface area contributed by atoms with Gasteiger partial charge in [0.2, 0.25) is 0 Å². The van der Waals surface area contributed by atoms with Crippen molar-refractivity contribution < 1.29 is 9.59 Å². The number of allylic oxidation sites excluding steroid dienone is 1. The molecule has 2 fully saturated rings. The van der Waals surface area contributed by atoms with Gasteiger partial charge in [-0.1, -0.05) is 26.0 Å². The van der Waals surface area contributed by atoms with Crippen LogP contribution in [0.25, 0.3) is 5.57 Å². The van der Waals surface area contributed by atoms with Gasteiger partial charge in [-0.25, -0.2) is 0 Å². The Hall–Kier alpha value is -2.34. The smallest absolute Gasteiger partial charge is 0.279 e. The summed E-state index contributed by atoms with van der Waals surface area (Å²) < 4.78 is 0. The second-order valence-corrected chi connectivity index (χ2v) is 9.39. The number of hydrogen-bond donors (Lipinski definition) is 2. The maximum absolute atomic E-state index is 13.0. The van der Waals surface area contributed by atoms with Gasteiger partial charge in [0.05, 0.1) is 0 Å². The molecular formula is C23H29N3O2S. The van der Waals surface area contributed by atoms with Crippen LogP contribution in [-0.2, 0) is 9.59 Å². The monoisotopic (exact) mass is 411 g/mol. The predicted octanol–water partition coefficient (Wildman–Crippen LogP) is 4.17. The summed E-state index contributed by atoms with van der Waals surface area (Å²) in [7, 11) is 0. The summed E-state index contributed by atoms with van der Waals surface area (Å²) in [5.74, 6) is 0.305. The SMILES string of the molecule is CC(C)c1cc(/C(=C\[C@H]2CCC(=O)C2)C(=O)N=C(N)/C=C\N)ccc1SC1CC1. The van der Waals surface area contributed by atoms with Gasteiger partial charge in [0.25, 0.3) is 5.91 Å². The molecular weight excluding hydrogens is 382 g/mol. The molecule has 1 atom stereocenters. The summed E-state index contributed by atoms with van der Waals surface area (Å²) in [6.45, 7) is 4.33. The Morgan fingerprint density at radius 2 is 2.03 bits per heavy atom. The van der Waals surface area contributed by atoms with Crippen LogP contribution in [0.3, 0.4) is 0 Å². The van der Waals surface area contributed by atoms with Crippen molar-refractivity contribution >= 4 is 34.9 Å². The Kier molecular flexibility index (Phi) is 6.96. The number of amides is 1. The fourth-order valence-corrected chi connectivity index (χ4v) is 4.77. The van der Waals surface area contributed by atoms with Crippen LogP contribution in [0.2, 0.25) is 0 Å². The summed E-state index contributed by atoms with van der Waals surface area (Å²) in [5, 5.41) is 0.715. The van der Waals surface area contributed by atoms with E-state index < -0.39 is 5.91 Å². The van der Waals surface area contributed by atoms with E-state index in [9.17, 15) is 9.59 Å². The highest BCUT2D eigenvalue weighted by atomic mass is 32.2. The first-order valence-corrected chi connectivity index (χ1v) is 11.1. The van der Waals surface area contributed by atoms with Crippen molar-refractivity contribution in [1.82, 2.24) is 0 Å². The Morgan fingerprint density at radius 1 is 1.28 bits per heavy atom. The Morgan fingerprint density at radius 3 is 2.62 bits per heavy atom. The van der Waals surface area contributed by atoms with E-state index >= 15 is 0 Å². The van der Waals surface area contributed by atoms with Crippen molar-refractivity contribution in [2.24, 2.45) is 22.4 Å². The van der Waals surface area contributed by atoms with Crippen LogP contribution in [0, 0.1) is 5.92 Å². The first-order valence-electron chi connectivity index (χ1n) is 10.2. The molecule has 2 aliphatic carbocycles. The number of hydrogen-bond acceptors (Lipinski definition) is 4. The lowest BCUT2D eigenvalue weighted by Gasteiger charge is -2.16. The standard InChI is InChI=1S/C23H29N3O2S/c1-14(2)19-13-16(4-8-21(19)29-18-6-7-18)20(12-15-3-5-17(27)11-15)23(28)26-22(25)9-10-24/h4,8-10,12-15,18H,3,5-7,11,24H2,1-2H3,(H2,25,26,28)/b10-9-,20-12+/t15-/m0/s1. The number of carbonyl (C=O) groups is 2. The molecule has 2 aliphatic rings. The fourth-order valence-electron chi connectivity index (χ4n) is 3.47. The molecule has 4 N–H and O–H groups in total. The summed E-state index contributed by atoms with van der Waals surface area (Å²) in [4.78, 5) is 29.9. The molecule has 5 nitrogen and oxygen atoms in total. The third kappa shape index (κ3) is 5.82. The number of rotatable bonds is 7. The summed E-state index contributed by atoms with van der Waals surface area (Å²) in [5.41, 5.74) is 13.7. The molecule has 6 heteroatoms. The van der Waals surface area contributed by atoms with Gasteiger partial charge in [-0.3, -0.25) is 9.59 Å². The van der Waals surface area contributed by atoms with Crippen LogP contribution < -0.4 is 11.5 Å². The molecule has 2 saturated carbocycles. The quantitative estimate of drug-likeness (QED) is 0.398. The number of carbonyl (C=O) groups excluding carboxylic acids is 2. The van der Waals surface area contributed by atoms with Crippen LogP contribution in [0.1, 0.15) is 63.0 Å². The molecule has 0 unspecified atom stereocenters. The van der Waals surface area contributed by atoms with Gasteiger partial charge in [0.1, 0.15) is 11.6 Å². The Balaban J connectivity index is 1.99. The molecule has 0 spiro atoms. The lowest BCUT2D eigenvalue weighted by molar-refractivity contribution is -0.117. The molecule has 1 amide bonds. The van der Waals surface area contributed by atoms with Gasteiger partial charge in [-0.2, -0.15) is 4.99 Å². The van der Waals surface area contributed by atoms with Crippen LogP contribution in [0.4, 0.5) is 0 Å². The van der Waals surface area contributed by atoms with Crippen molar-refractivity contribution in [1.29, 1.82) is 0 Å². The molecule has 0 radical (unpaired) electrons. The van der Waals surface area contributed by atoms with E-state index in [1.54, 1.807) is 0 Å². The summed E-state index contributed by atoms with van der Waals surface area (Å²) in [6, 6.07) is 6.20. The Bertz CT molecular complexity index is 882. The minimum atomic E-state index is -0.405. The lowest BCUT2D eigenvalue weighted by Crippen LogP contribution is -2.13. The largest absolute Gasteiger partial charge is 0.404 e. The fraction of sp³-hybridized carbons (Fsp3) is 0.435. The van der Waals surface area contributed by atoms with E-state index in [0.29, 0.717) is 29.6 Å². The number of nitrogens with two attached hydrogens (primary N) is 2. The van der Waals surface area contributed by atoms with E-state index in [2.05, 4.69) is 31.0 Å². The third-order valence-corrected chi connectivity index (χ3v) is 6.61. The summed E-state index contributed by atoms with van der Waals surface area (Å²) >= 11 is 1.92. The van der Waals surface area contributed by atoms with Crippen LogP contribution in [-0.4, -0.2) is 22.8 Å². The maximum atomic E-state index is 13.0. The van der Waals surface area contributed by atoms with E-state index in [0.717, 1.165) is 12.0 Å². The van der Waals surface area contributed by atoms with Crippen LogP contribution >= 0.6 is 11.8 Å². The minimum absolute atomic E-state index is 0.0611. The zero-order chi connectivity index (χ0) is 21.0. The van der Waals surface area contributed by atoms with Crippen molar-refractivity contribution in [3.8, 4) is 0 Å². The highest BCUT2D eigenvalue weighted by Crippen LogP contribution is 2.42. The second kappa shape index (κ2) is 9.44. The number of nitrogens with zero attached hydrogens (tertiary/aromatic N) is 1. The first-order chi connectivity index (χ1) is 13.9. The van der Waals surface area contributed by atoms with Crippen LogP contribution in [0.15, 0.2) is 46.4 Å². The highest BCUT2D eigenvalue weighted by Gasteiger charge is 2.26. The molecule has 1 aromatic carbocycles. The van der Waals surface area contributed by atoms with Crippen LogP contribution in [0.5, 0.6) is 0 Å². The molecule has 0 aromatic heterocycles. The highest BCUT2D eigenvalue weighted by molar-refractivity contribution is 8.00. The van der Waals surface area contributed by atoms with Crippen molar-refractivity contribution in [3.63, 3.8) is 0 Å². The maximum Gasteiger partial charge on any atom is 0.279 e. The average molecular weight is 412 g/mol. The van der Waals surface area contributed by atoms with Crippen molar-refractivity contribution in [2.45, 2.75) is 62.0 Å². The summed E-state index contributed by atoms with van der Waals surface area (Å²) in [6.07, 6.45) is 8.91. The molecule has 3 rings (SSSR count). The first kappa shape index (κ1) is 21.4. The van der Waals surface area contributed by atoms with E-state index in [-0.39, 0.29) is 17.5 Å². The van der Waals surface area contributed by atoms with Gasteiger partial charge in [-0.05, 0) is 66.6 Å². The zero-order valence-electron chi connectivity index (χ0n) is 17.1. The van der Waals surface area contributed by atoms with Gasteiger partial charge >= 0.3 is 0 Å². The Labute approximate surface area is 176 Å². The van der Waals surface area contributed by atoms with Crippen molar-refractivity contribution in [2.75, 3.05) is 0 Å². The number of ketones is 1. The molecule has 154 valence electrons. The number of thioether (sulfide) groups is 1. The third-order valence-electron chi connectivity index (χ3n) is 5.18. The van der Waals surface area contributed by atoms with E-state index in [1.807, 2.05) is 23.9 Å². The lowest BCUT2D eigenvalue weighted by atomic mass is 9.94. The van der Waals surface area contributed by atoms with E-state index in [4.69, 9.17) is 11.5 Å². The number of amidine groups is 1. The molecule has 29 heavy (non-hydrogen) atoms. The molecule has 0 aliphatic heterocycles. The van der Waals surface area contributed by atoms with Crippen molar-refractivity contribution in [3.05, 3.63) is 47.7 Å². The van der Waals surface area contributed by atoms with Gasteiger partial charge < -0.3 is 11.5 Å². The van der Waals surface area contributed by atoms with Gasteiger partial charge in [0.15, 0.2) is 0 Å². The molecule has 0 saturated heterocycles. The average Bonchev–Trinajstić information content (AvgIpc) is 3.39. The topological polar surface area (TPSA) is 98.5 Å². The normalized spacial score (nSPS) is 20.8. The molecule has 1 aromatic rings. The number of aliphatic imine (C=N–C) groups is 1. The predicted molar refractivity (Wildman–Crippen MR) is 120 cm³/mol. The van der Waals surface area contributed by atoms with E-state index in [1.165, 1.54) is 35.6 Å². The second-order valence-electron chi connectivity index (χ2n) is 8.05. The minimum Gasteiger partial charge on any atom is -0.404 e.